The number of hydrogen-bond donors (Lipinski definition) is 0. The molecule has 0 saturated heterocycles. The van der Waals surface area contributed by atoms with E-state index in [0.29, 0.717) is 16.3 Å². The van der Waals surface area contributed by atoms with Gasteiger partial charge in [0.2, 0.25) is 0 Å². The molecule has 4 nitrogen and oxygen atoms in total. The van der Waals surface area contributed by atoms with Crippen LogP contribution < -0.4 is 5.56 Å². The Morgan fingerprint density at radius 1 is 1.12 bits per heavy atom. The van der Waals surface area contributed by atoms with Crippen molar-refractivity contribution in [2.24, 2.45) is 7.05 Å². The van der Waals surface area contributed by atoms with Gasteiger partial charge < -0.3 is 0 Å². The van der Waals surface area contributed by atoms with Crippen molar-refractivity contribution in [2.45, 2.75) is 10.9 Å². The van der Waals surface area contributed by atoms with Crippen LogP contribution in [0.3, 0.4) is 0 Å². The molecule has 0 bridgehead atoms. The molecule has 3 aromatic heterocycles. The minimum atomic E-state index is -0.0133. The third kappa shape index (κ3) is 2.90. The van der Waals surface area contributed by atoms with Crippen LogP contribution in [0.25, 0.3) is 20.8 Å². The summed E-state index contributed by atoms with van der Waals surface area (Å²) in [7, 11) is 1.77. The Labute approximate surface area is 150 Å². The summed E-state index contributed by atoms with van der Waals surface area (Å²) in [6, 6.07) is 11.6. The van der Waals surface area contributed by atoms with E-state index in [1.807, 2.05) is 30.3 Å². The number of hydrogen-bond acceptors (Lipinski definition) is 6. The first kappa shape index (κ1) is 15.6. The molecule has 24 heavy (non-hydrogen) atoms. The molecule has 0 aliphatic heterocycles. The average Bonchev–Trinajstić information content (AvgIpc) is 3.28. The summed E-state index contributed by atoms with van der Waals surface area (Å²) in [6.45, 7) is 0. The van der Waals surface area contributed by atoms with Crippen molar-refractivity contribution in [3.8, 4) is 9.88 Å². The highest BCUT2D eigenvalue weighted by Gasteiger charge is 2.10. The highest BCUT2D eigenvalue weighted by atomic mass is 32.2. The second-order valence-corrected chi connectivity index (χ2v) is 7.93. The molecule has 0 amide bonds. The summed E-state index contributed by atoms with van der Waals surface area (Å²) in [5.41, 5.74) is 1.73. The molecule has 4 aromatic rings. The maximum absolute atomic E-state index is 12.4. The molecule has 120 valence electrons. The van der Waals surface area contributed by atoms with Gasteiger partial charge in [0.25, 0.3) is 5.56 Å². The summed E-state index contributed by atoms with van der Waals surface area (Å²) in [6.07, 6.45) is 0. The first-order valence-electron chi connectivity index (χ1n) is 7.29. The van der Waals surface area contributed by atoms with Crippen LogP contribution in [-0.4, -0.2) is 14.5 Å². The molecule has 1 aromatic carbocycles. The zero-order chi connectivity index (χ0) is 16.5. The lowest BCUT2D eigenvalue weighted by Crippen LogP contribution is -2.19. The molecule has 0 unspecified atom stereocenters. The molecule has 0 atom stereocenters. The molecule has 0 saturated carbocycles. The molecular weight excluding hydrogens is 358 g/mol. The van der Waals surface area contributed by atoms with Gasteiger partial charge in [-0.05, 0) is 23.6 Å². The van der Waals surface area contributed by atoms with Crippen LogP contribution >= 0.6 is 34.4 Å². The normalized spacial score (nSPS) is 11.2. The van der Waals surface area contributed by atoms with Crippen molar-refractivity contribution in [3.63, 3.8) is 0 Å². The van der Waals surface area contributed by atoms with Crippen LogP contribution in [0.4, 0.5) is 0 Å². The largest absolute Gasteiger partial charge is 0.290 e. The zero-order valence-electron chi connectivity index (χ0n) is 12.8. The number of fused-ring (bicyclic) bond motifs is 1. The third-order valence-electron chi connectivity index (χ3n) is 3.57. The van der Waals surface area contributed by atoms with E-state index < -0.39 is 0 Å². The monoisotopic (exact) mass is 371 g/mol. The molecule has 0 aliphatic rings. The number of thiophene rings is 1. The number of para-hydroxylation sites is 1. The average molecular weight is 372 g/mol. The molecule has 0 N–H and O–H groups in total. The van der Waals surface area contributed by atoms with E-state index in [-0.39, 0.29) is 5.56 Å². The zero-order valence-corrected chi connectivity index (χ0v) is 15.3. The summed E-state index contributed by atoms with van der Waals surface area (Å²) in [5.74, 6) is 0.695. The van der Waals surface area contributed by atoms with E-state index in [1.54, 1.807) is 34.3 Å². The fraction of sp³-hybridized carbons (Fsp3) is 0.118. The molecule has 0 aliphatic carbocycles. The molecular formula is C17H13N3OS3. The van der Waals surface area contributed by atoms with Crippen LogP contribution in [0.1, 0.15) is 5.69 Å². The lowest BCUT2D eigenvalue weighted by molar-refractivity contribution is 0.726. The predicted octanol–water partition coefficient (Wildman–Crippen LogP) is 4.41. The molecule has 3 heterocycles. The minimum Gasteiger partial charge on any atom is -0.290 e. The fourth-order valence-corrected chi connectivity index (χ4v) is 4.96. The Morgan fingerprint density at radius 3 is 2.83 bits per heavy atom. The van der Waals surface area contributed by atoms with Gasteiger partial charge in [0.15, 0.2) is 5.16 Å². The molecule has 0 radical (unpaired) electrons. The molecule has 7 heteroatoms. The Morgan fingerprint density at radius 2 is 2.00 bits per heavy atom. The fourth-order valence-electron chi connectivity index (χ4n) is 2.35. The van der Waals surface area contributed by atoms with Gasteiger partial charge in [-0.1, -0.05) is 30.0 Å². The SMILES string of the molecule is Cn1c(SCc2csc(-c3cccs3)n2)nc2ccccc2c1=O. The number of aromatic nitrogens is 3. The van der Waals surface area contributed by atoms with Crippen LogP contribution in [0.5, 0.6) is 0 Å². The van der Waals surface area contributed by atoms with Crippen molar-refractivity contribution in [2.75, 3.05) is 0 Å². The highest BCUT2D eigenvalue weighted by molar-refractivity contribution is 7.98. The topological polar surface area (TPSA) is 47.8 Å². The maximum Gasteiger partial charge on any atom is 0.261 e. The van der Waals surface area contributed by atoms with E-state index in [2.05, 4.69) is 26.8 Å². The first-order valence-corrected chi connectivity index (χ1v) is 10.0. The summed E-state index contributed by atoms with van der Waals surface area (Å²) < 4.78 is 1.61. The summed E-state index contributed by atoms with van der Waals surface area (Å²) in [4.78, 5) is 22.9. The van der Waals surface area contributed by atoms with Gasteiger partial charge in [-0.25, -0.2) is 9.97 Å². The second-order valence-electron chi connectivity index (χ2n) is 5.19. The van der Waals surface area contributed by atoms with Crippen LogP contribution in [-0.2, 0) is 12.8 Å². The van der Waals surface area contributed by atoms with E-state index in [1.165, 1.54) is 16.6 Å². The van der Waals surface area contributed by atoms with E-state index in [4.69, 9.17) is 0 Å². The Balaban J connectivity index is 1.59. The van der Waals surface area contributed by atoms with Gasteiger partial charge in [0.1, 0.15) is 5.01 Å². The van der Waals surface area contributed by atoms with E-state index in [9.17, 15) is 4.79 Å². The van der Waals surface area contributed by atoms with Crippen molar-refractivity contribution in [3.05, 3.63) is 63.2 Å². The second kappa shape index (κ2) is 6.51. The van der Waals surface area contributed by atoms with Gasteiger partial charge in [-0.15, -0.1) is 22.7 Å². The van der Waals surface area contributed by atoms with Crippen LogP contribution in [0.15, 0.2) is 57.1 Å². The molecule has 4 rings (SSSR count). The predicted molar refractivity (Wildman–Crippen MR) is 102 cm³/mol. The summed E-state index contributed by atoms with van der Waals surface area (Å²) in [5, 5.41) is 6.53. The van der Waals surface area contributed by atoms with Gasteiger partial charge in [-0.2, -0.15) is 0 Å². The quantitative estimate of drug-likeness (QED) is 0.394. The highest BCUT2D eigenvalue weighted by Crippen LogP contribution is 2.30. The Bertz CT molecular complexity index is 1050. The number of benzene rings is 1. The van der Waals surface area contributed by atoms with Gasteiger partial charge in [0, 0.05) is 18.2 Å². The van der Waals surface area contributed by atoms with Crippen molar-refractivity contribution < 1.29 is 0 Å². The van der Waals surface area contributed by atoms with Gasteiger partial charge in [0.05, 0.1) is 21.5 Å². The minimum absolute atomic E-state index is 0.0133. The van der Waals surface area contributed by atoms with Crippen LogP contribution in [0.2, 0.25) is 0 Å². The molecule has 0 fully saturated rings. The van der Waals surface area contributed by atoms with E-state index >= 15 is 0 Å². The van der Waals surface area contributed by atoms with Crippen molar-refractivity contribution in [1.82, 2.24) is 14.5 Å². The Kier molecular flexibility index (Phi) is 4.22. The first-order chi connectivity index (χ1) is 11.7. The lowest BCUT2D eigenvalue weighted by Gasteiger charge is -2.07. The van der Waals surface area contributed by atoms with Gasteiger partial charge in [-0.3, -0.25) is 9.36 Å². The number of rotatable bonds is 4. The number of thioether (sulfide) groups is 1. The van der Waals surface area contributed by atoms with Crippen molar-refractivity contribution >= 4 is 45.3 Å². The maximum atomic E-state index is 12.4. The van der Waals surface area contributed by atoms with E-state index in [0.717, 1.165) is 16.2 Å². The van der Waals surface area contributed by atoms with Crippen molar-refractivity contribution in [1.29, 1.82) is 0 Å². The Hall–Kier alpha value is -1.96. The molecule has 0 spiro atoms. The smallest absolute Gasteiger partial charge is 0.261 e. The number of nitrogens with zero attached hydrogens (tertiary/aromatic N) is 3. The lowest BCUT2D eigenvalue weighted by atomic mass is 10.2. The standard InChI is InChI=1S/C17H13N3OS3/c1-20-16(21)12-5-2-3-6-13(12)19-17(20)24-10-11-9-23-15(18-11)14-7-4-8-22-14/h2-9H,10H2,1H3. The third-order valence-corrected chi connectivity index (χ3v) is 6.57. The summed E-state index contributed by atoms with van der Waals surface area (Å²) >= 11 is 4.88. The van der Waals surface area contributed by atoms with Crippen LogP contribution in [0, 0.1) is 0 Å². The number of thiazole rings is 1. The van der Waals surface area contributed by atoms with Gasteiger partial charge >= 0.3 is 0 Å².